The van der Waals surface area contributed by atoms with Gasteiger partial charge in [-0.2, -0.15) is 5.10 Å². The van der Waals surface area contributed by atoms with E-state index >= 15 is 4.39 Å². The van der Waals surface area contributed by atoms with Crippen LogP contribution in [0.15, 0.2) is 102 Å². The van der Waals surface area contributed by atoms with Crippen LogP contribution < -0.4 is 10.2 Å². The van der Waals surface area contributed by atoms with E-state index in [1.807, 2.05) is 19.1 Å². The molecule has 1 aliphatic heterocycles. The first-order valence-corrected chi connectivity index (χ1v) is 16.1. The maximum absolute atomic E-state index is 15.6. The van der Waals surface area contributed by atoms with Gasteiger partial charge in [0.15, 0.2) is 5.65 Å². The van der Waals surface area contributed by atoms with E-state index in [2.05, 4.69) is 20.3 Å². The van der Waals surface area contributed by atoms with Crippen LogP contribution in [0, 0.1) is 18.6 Å². The summed E-state index contributed by atoms with van der Waals surface area (Å²) in [6.07, 6.45) is 6.44. The van der Waals surface area contributed by atoms with Crippen molar-refractivity contribution in [2.75, 3.05) is 31.1 Å². The van der Waals surface area contributed by atoms with Gasteiger partial charge in [0.1, 0.15) is 11.6 Å². The minimum absolute atomic E-state index is 0.124. The lowest BCUT2D eigenvalue weighted by Crippen LogP contribution is -2.43. The maximum Gasteiger partial charge on any atom is 0.269 e. The summed E-state index contributed by atoms with van der Waals surface area (Å²) < 4.78 is 60.0. The summed E-state index contributed by atoms with van der Waals surface area (Å²) in [4.78, 5) is 6.84. The average molecular weight is 625 g/mol. The molecule has 0 amide bonds. The Morgan fingerprint density at radius 3 is 2.42 bits per heavy atom. The molecule has 0 bridgehead atoms. The van der Waals surface area contributed by atoms with Crippen LogP contribution in [-0.2, 0) is 16.6 Å². The number of rotatable bonds is 7. The third-order valence-electron chi connectivity index (χ3n) is 8.11. The number of benzene rings is 3. The number of piperazine rings is 1. The van der Waals surface area contributed by atoms with E-state index in [1.54, 1.807) is 59.5 Å². The zero-order chi connectivity index (χ0) is 31.1. The summed E-state index contributed by atoms with van der Waals surface area (Å²) in [5, 5.41) is 8.29. The fourth-order valence-corrected chi connectivity index (χ4v) is 7.06. The smallest absolute Gasteiger partial charge is 0.269 e. The predicted molar refractivity (Wildman–Crippen MR) is 171 cm³/mol. The topological polar surface area (TPSA) is 85.0 Å². The molecule has 0 unspecified atom stereocenters. The van der Waals surface area contributed by atoms with Crippen molar-refractivity contribution in [1.82, 2.24) is 24.1 Å². The Morgan fingerprint density at radius 2 is 1.67 bits per heavy atom. The largest absolute Gasteiger partial charge is 0.369 e. The minimum atomic E-state index is -4.02. The Kier molecular flexibility index (Phi) is 7.42. The SMILES string of the molecule is Cc1ccc(S(=O)(=O)n2cc(-c3cnn(Cc4cccc(F)c4)c3)c3cc(-c4ccc(N5CCNCC5)cc4F)cnc32)cc1. The van der Waals surface area contributed by atoms with Crippen molar-refractivity contribution in [1.29, 1.82) is 0 Å². The molecule has 0 radical (unpaired) electrons. The van der Waals surface area contributed by atoms with Gasteiger partial charge in [0, 0.05) is 78.1 Å². The second-order valence-corrected chi connectivity index (χ2v) is 13.0. The molecule has 1 aliphatic rings. The number of hydrogen-bond donors (Lipinski definition) is 1. The highest BCUT2D eigenvalue weighted by atomic mass is 32.2. The number of halogens is 2. The number of nitrogens with one attached hydrogen (secondary N) is 1. The molecular weight excluding hydrogens is 594 g/mol. The molecule has 0 aliphatic carbocycles. The van der Waals surface area contributed by atoms with Gasteiger partial charge >= 0.3 is 0 Å². The molecule has 0 atom stereocenters. The summed E-state index contributed by atoms with van der Waals surface area (Å²) in [7, 11) is -4.02. The minimum Gasteiger partial charge on any atom is -0.369 e. The molecule has 45 heavy (non-hydrogen) atoms. The van der Waals surface area contributed by atoms with Gasteiger partial charge in [0.05, 0.1) is 17.6 Å². The number of aryl methyl sites for hydroxylation is 1. The lowest BCUT2D eigenvalue weighted by molar-refractivity contribution is 0.585. The van der Waals surface area contributed by atoms with E-state index in [4.69, 9.17) is 0 Å². The van der Waals surface area contributed by atoms with Crippen LogP contribution >= 0.6 is 0 Å². The molecule has 1 fully saturated rings. The second-order valence-electron chi connectivity index (χ2n) is 11.2. The fourth-order valence-electron chi connectivity index (χ4n) is 5.73. The van der Waals surface area contributed by atoms with E-state index < -0.39 is 10.0 Å². The van der Waals surface area contributed by atoms with Crippen LogP contribution in [0.3, 0.4) is 0 Å². The van der Waals surface area contributed by atoms with Crippen molar-refractivity contribution in [3.05, 3.63) is 120 Å². The molecule has 11 heteroatoms. The molecule has 6 aromatic rings. The quantitative estimate of drug-likeness (QED) is 0.240. The number of fused-ring (bicyclic) bond motifs is 1. The number of pyridine rings is 1. The van der Waals surface area contributed by atoms with Gasteiger partial charge < -0.3 is 10.2 Å². The first-order chi connectivity index (χ1) is 21.8. The highest BCUT2D eigenvalue weighted by molar-refractivity contribution is 7.90. The first kappa shape index (κ1) is 28.9. The van der Waals surface area contributed by atoms with Crippen molar-refractivity contribution in [2.45, 2.75) is 18.4 Å². The number of aromatic nitrogens is 4. The summed E-state index contributed by atoms with van der Waals surface area (Å²) in [6, 6.07) is 19.8. The van der Waals surface area contributed by atoms with Crippen LogP contribution in [0.2, 0.25) is 0 Å². The number of hydrogen-bond acceptors (Lipinski definition) is 6. The molecular formula is C34H30F2N6O2S. The van der Waals surface area contributed by atoms with Crippen molar-refractivity contribution < 1.29 is 17.2 Å². The molecule has 1 saturated heterocycles. The lowest BCUT2D eigenvalue weighted by Gasteiger charge is -2.29. The van der Waals surface area contributed by atoms with Gasteiger partial charge in [0.2, 0.25) is 0 Å². The lowest BCUT2D eigenvalue weighted by atomic mass is 10.0. The number of nitrogens with zero attached hydrogens (tertiary/aromatic N) is 5. The van der Waals surface area contributed by atoms with Crippen molar-refractivity contribution in [2.24, 2.45) is 0 Å². The van der Waals surface area contributed by atoms with Crippen LogP contribution in [0.5, 0.6) is 0 Å². The Labute approximate surface area is 259 Å². The van der Waals surface area contributed by atoms with Crippen LogP contribution in [0.4, 0.5) is 14.5 Å². The summed E-state index contributed by atoms with van der Waals surface area (Å²) in [6.45, 7) is 5.49. The van der Waals surface area contributed by atoms with E-state index in [1.165, 1.54) is 34.6 Å². The van der Waals surface area contributed by atoms with Gasteiger partial charge in [-0.3, -0.25) is 4.68 Å². The molecule has 0 spiro atoms. The maximum atomic E-state index is 15.6. The Hall–Kier alpha value is -4.87. The third kappa shape index (κ3) is 5.60. The highest BCUT2D eigenvalue weighted by Gasteiger charge is 2.24. The molecule has 3 aromatic heterocycles. The Bertz CT molecular complexity index is 2130. The normalized spacial score (nSPS) is 13.9. The van der Waals surface area contributed by atoms with Gasteiger partial charge in [-0.05, 0) is 61.0 Å². The zero-order valence-corrected chi connectivity index (χ0v) is 25.3. The zero-order valence-electron chi connectivity index (χ0n) is 24.5. The Morgan fingerprint density at radius 1 is 0.867 bits per heavy atom. The summed E-state index contributed by atoms with van der Waals surface area (Å²) in [5.74, 6) is -0.723. The Balaban J connectivity index is 1.33. The molecule has 7 rings (SSSR count). The molecule has 0 saturated carbocycles. The second kappa shape index (κ2) is 11.6. The van der Waals surface area contributed by atoms with E-state index in [0.717, 1.165) is 43.0 Å². The fraction of sp³-hybridized carbons (Fsp3) is 0.176. The molecule has 1 N–H and O–H groups in total. The monoisotopic (exact) mass is 624 g/mol. The molecule has 4 heterocycles. The first-order valence-electron chi connectivity index (χ1n) is 14.6. The van der Waals surface area contributed by atoms with Gasteiger partial charge in [-0.25, -0.2) is 26.2 Å². The third-order valence-corrected chi connectivity index (χ3v) is 9.78. The van der Waals surface area contributed by atoms with E-state index in [0.29, 0.717) is 34.2 Å². The van der Waals surface area contributed by atoms with Crippen molar-refractivity contribution >= 4 is 26.7 Å². The van der Waals surface area contributed by atoms with Crippen LogP contribution in [0.25, 0.3) is 33.3 Å². The van der Waals surface area contributed by atoms with Crippen molar-refractivity contribution in [3.63, 3.8) is 0 Å². The molecule has 228 valence electrons. The van der Waals surface area contributed by atoms with Gasteiger partial charge in [-0.15, -0.1) is 0 Å². The predicted octanol–water partition coefficient (Wildman–Crippen LogP) is 5.85. The van der Waals surface area contributed by atoms with Gasteiger partial charge in [-0.1, -0.05) is 29.8 Å². The molecule has 8 nitrogen and oxygen atoms in total. The van der Waals surface area contributed by atoms with Crippen LogP contribution in [0.1, 0.15) is 11.1 Å². The van der Waals surface area contributed by atoms with Gasteiger partial charge in [0.25, 0.3) is 10.0 Å². The van der Waals surface area contributed by atoms with Crippen molar-refractivity contribution in [3.8, 4) is 22.3 Å². The van der Waals surface area contributed by atoms with E-state index in [9.17, 15) is 12.8 Å². The molecule has 3 aromatic carbocycles. The number of anilines is 1. The van der Waals surface area contributed by atoms with Crippen LogP contribution in [-0.4, -0.2) is 53.3 Å². The highest BCUT2D eigenvalue weighted by Crippen LogP contribution is 2.36. The average Bonchev–Trinajstić information content (AvgIpc) is 3.66. The standard InChI is InChI=1S/C34H30F2N6O2S/c1-23-5-8-29(9-6-23)45(43,44)42-22-32(26-19-39-41(21-26)20-24-3-2-4-27(35)15-24)31-16-25(18-38-34(31)42)30-10-7-28(17-33(30)36)40-13-11-37-12-14-40/h2-10,15-19,21-22,37H,11-14,20H2,1H3. The van der Waals surface area contributed by atoms with E-state index in [-0.39, 0.29) is 22.2 Å². The summed E-state index contributed by atoms with van der Waals surface area (Å²) in [5.41, 5.74) is 4.79. The summed E-state index contributed by atoms with van der Waals surface area (Å²) >= 11 is 0.